The van der Waals surface area contributed by atoms with Crippen LogP contribution < -0.4 is 5.32 Å². The lowest BCUT2D eigenvalue weighted by atomic mass is 10.1. The van der Waals surface area contributed by atoms with Crippen LogP contribution in [0.4, 0.5) is 4.79 Å². The second-order valence-electron chi connectivity index (χ2n) is 7.54. The summed E-state index contributed by atoms with van der Waals surface area (Å²) in [7, 11) is 0. The van der Waals surface area contributed by atoms with Crippen molar-refractivity contribution in [3.63, 3.8) is 0 Å². The van der Waals surface area contributed by atoms with Crippen molar-refractivity contribution in [1.82, 2.24) is 24.5 Å². The molecule has 2 amide bonds. The fourth-order valence-corrected chi connectivity index (χ4v) is 3.74. The maximum Gasteiger partial charge on any atom is 0.317 e. The summed E-state index contributed by atoms with van der Waals surface area (Å²) in [6.45, 7) is 8.86. The Balaban J connectivity index is 1.27. The van der Waals surface area contributed by atoms with Gasteiger partial charge >= 0.3 is 6.03 Å². The molecule has 0 saturated carbocycles. The Morgan fingerprint density at radius 3 is 2.61 bits per heavy atom. The average molecular weight is 377 g/mol. The molecule has 1 aliphatic rings. The van der Waals surface area contributed by atoms with Crippen LogP contribution in [-0.2, 0) is 13.1 Å². The minimum Gasteiger partial charge on any atom is -0.332 e. The van der Waals surface area contributed by atoms with Crippen molar-refractivity contribution in [1.29, 1.82) is 0 Å². The zero-order valence-electron chi connectivity index (χ0n) is 16.6. The molecule has 1 fully saturated rings. The van der Waals surface area contributed by atoms with E-state index in [2.05, 4.69) is 46.4 Å². The molecule has 0 spiro atoms. The minimum atomic E-state index is -0.0102. The normalized spacial score (nSPS) is 15.1. The molecular weight excluding hydrogens is 350 g/mol. The number of imidazole rings is 1. The second kappa shape index (κ2) is 8.02. The highest BCUT2D eigenvalue weighted by Gasteiger charge is 2.21. The van der Waals surface area contributed by atoms with Gasteiger partial charge in [-0.1, -0.05) is 35.9 Å². The van der Waals surface area contributed by atoms with E-state index in [1.54, 1.807) is 0 Å². The van der Waals surface area contributed by atoms with Crippen LogP contribution in [0.25, 0.3) is 5.65 Å². The third kappa shape index (κ3) is 4.17. The van der Waals surface area contributed by atoms with E-state index in [9.17, 15) is 4.79 Å². The SMILES string of the molecule is Cc1cccc(CN2CCN(C(=O)NCc3cn4c(C)cccc4n3)CC2)c1. The number of fused-ring (bicyclic) bond motifs is 1. The highest BCUT2D eigenvalue weighted by molar-refractivity contribution is 5.74. The quantitative estimate of drug-likeness (QED) is 0.761. The van der Waals surface area contributed by atoms with E-state index in [0.717, 1.165) is 49.8 Å². The van der Waals surface area contributed by atoms with Gasteiger partial charge in [0.1, 0.15) is 5.65 Å². The Morgan fingerprint density at radius 1 is 1.07 bits per heavy atom. The van der Waals surface area contributed by atoms with E-state index in [1.807, 2.05) is 40.6 Å². The molecule has 1 aromatic carbocycles. The molecule has 1 aliphatic heterocycles. The van der Waals surface area contributed by atoms with Crippen molar-refractivity contribution in [3.05, 3.63) is 71.2 Å². The number of urea groups is 1. The maximum absolute atomic E-state index is 12.5. The van der Waals surface area contributed by atoms with E-state index >= 15 is 0 Å². The molecular formula is C22H27N5O. The Hall–Kier alpha value is -2.86. The van der Waals surface area contributed by atoms with E-state index in [1.165, 1.54) is 11.1 Å². The van der Waals surface area contributed by atoms with E-state index in [4.69, 9.17) is 0 Å². The highest BCUT2D eigenvalue weighted by Crippen LogP contribution is 2.11. The molecule has 3 aromatic rings. The minimum absolute atomic E-state index is 0.0102. The second-order valence-corrected chi connectivity index (χ2v) is 7.54. The first-order chi connectivity index (χ1) is 13.6. The van der Waals surface area contributed by atoms with Crippen LogP contribution in [-0.4, -0.2) is 51.4 Å². The number of rotatable bonds is 4. The molecule has 6 heteroatoms. The molecule has 4 rings (SSSR count). The molecule has 0 atom stereocenters. The summed E-state index contributed by atoms with van der Waals surface area (Å²) in [5.74, 6) is 0. The standard InChI is InChI=1S/C22H27N5O/c1-17-5-3-7-19(13-17)15-25-9-11-26(12-10-25)22(28)23-14-20-16-27-18(2)6-4-8-21(27)24-20/h3-8,13,16H,9-12,14-15H2,1-2H3,(H,23,28). The van der Waals surface area contributed by atoms with Gasteiger partial charge in [0.25, 0.3) is 0 Å². The first-order valence-corrected chi connectivity index (χ1v) is 9.83. The Morgan fingerprint density at radius 2 is 1.86 bits per heavy atom. The largest absolute Gasteiger partial charge is 0.332 e. The van der Waals surface area contributed by atoms with Gasteiger partial charge < -0.3 is 14.6 Å². The van der Waals surface area contributed by atoms with Gasteiger partial charge in [0.2, 0.25) is 0 Å². The number of hydrogen-bond donors (Lipinski definition) is 1. The molecule has 0 aliphatic carbocycles. The van der Waals surface area contributed by atoms with Crippen molar-refractivity contribution >= 4 is 11.7 Å². The van der Waals surface area contributed by atoms with Crippen LogP contribution in [0.5, 0.6) is 0 Å². The summed E-state index contributed by atoms with van der Waals surface area (Å²) < 4.78 is 2.05. The first-order valence-electron chi connectivity index (χ1n) is 9.83. The van der Waals surface area contributed by atoms with Crippen LogP contribution in [0, 0.1) is 13.8 Å². The topological polar surface area (TPSA) is 52.9 Å². The number of carbonyl (C=O) groups is 1. The number of carbonyl (C=O) groups excluding carboxylic acids is 1. The first kappa shape index (κ1) is 18.5. The summed E-state index contributed by atoms with van der Waals surface area (Å²) in [4.78, 5) is 21.4. The van der Waals surface area contributed by atoms with Crippen molar-refractivity contribution in [2.24, 2.45) is 0 Å². The van der Waals surface area contributed by atoms with Crippen LogP contribution in [0.2, 0.25) is 0 Å². The van der Waals surface area contributed by atoms with Crippen molar-refractivity contribution in [2.75, 3.05) is 26.2 Å². The van der Waals surface area contributed by atoms with Gasteiger partial charge in [-0.2, -0.15) is 0 Å². The maximum atomic E-state index is 12.5. The van der Waals surface area contributed by atoms with Gasteiger partial charge in [0, 0.05) is 44.6 Å². The smallest absolute Gasteiger partial charge is 0.317 e. The summed E-state index contributed by atoms with van der Waals surface area (Å²) in [6, 6.07) is 14.6. The molecule has 146 valence electrons. The Labute approximate surface area is 165 Å². The lowest BCUT2D eigenvalue weighted by molar-refractivity contribution is 0.135. The number of aryl methyl sites for hydroxylation is 2. The van der Waals surface area contributed by atoms with E-state index in [-0.39, 0.29) is 6.03 Å². The number of amides is 2. The Bertz CT molecular complexity index is 972. The molecule has 6 nitrogen and oxygen atoms in total. The monoisotopic (exact) mass is 377 g/mol. The van der Waals surface area contributed by atoms with Crippen LogP contribution in [0.1, 0.15) is 22.5 Å². The third-order valence-corrected chi connectivity index (χ3v) is 5.31. The third-order valence-electron chi connectivity index (χ3n) is 5.31. The summed E-state index contributed by atoms with van der Waals surface area (Å²) >= 11 is 0. The number of nitrogens with zero attached hydrogens (tertiary/aromatic N) is 4. The van der Waals surface area contributed by atoms with Gasteiger partial charge in [-0.25, -0.2) is 9.78 Å². The molecule has 0 radical (unpaired) electrons. The lowest BCUT2D eigenvalue weighted by Crippen LogP contribution is -2.51. The number of piperazine rings is 1. The fourth-order valence-electron chi connectivity index (χ4n) is 3.74. The zero-order valence-corrected chi connectivity index (χ0v) is 16.6. The zero-order chi connectivity index (χ0) is 19.5. The average Bonchev–Trinajstić information content (AvgIpc) is 3.11. The predicted octanol–water partition coefficient (Wildman–Crippen LogP) is 2.98. The fraction of sp³-hybridized carbons (Fsp3) is 0.364. The summed E-state index contributed by atoms with van der Waals surface area (Å²) in [6.07, 6.45) is 1.99. The van der Waals surface area contributed by atoms with E-state index < -0.39 is 0 Å². The van der Waals surface area contributed by atoms with E-state index in [0.29, 0.717) is 6.54 Å². The van der Waals surface area contributed by atoms with Crippen molar-refractivity contribution in [3.8, 4) is 0 Å². The highest BCUT2D eigenvalue weighted by atomic mass is 16.2. The van der Waals surface area contributed by atoms with Gasteiger partial charge in [0.15, 0.2) is 0 Å². The molecule has 28 heavy (non-hydrogen) atoms. The molecule has 1 saturated heterocycles. The summed E-state index contributed by atoms with van der Waals surface area (Å²) in [5.41, 5.74) is 5.54. The van der Waals surface area contributed by atoms with Crippen molar-refractivity contribution in [2.45, 2.75) is 26.9 Å². The predicted molar refractivity (Wildman–Crippen MR) is 110 cm³/mol. The van der Waals surface area contributed by atoms with Gasteiger partial charge in [-0.3, -0.25) is 4.90 Å². The van der Waals surface area contributed by atoms with Crippen molar-refractivity contribution < 1.29 is 4.79 Å². The van der Waals surface area contributed by atoms with Gasteiger partial charge in [-0.15, -0.1) is 0 Å². The molecule has 1 N–H and O–H groups in total. The molecule has 0 unspecified atom stereocenters. The number of pyridine rings is 1. The lowest BCUT2D eigenvalue weighted by Gasteiger charge is -2.34. The van der Waals surface area contributed by atoms with Gasteiger partial charge in [0.05, 0.1) is 12.2 Å². The van der Waals surface area contributed by atoms with Crippen LogP contribution in [0.3, 0.4) is 0 Å². The number of nitrogens with one attached hydrogen (secondary N) is 1. The number of hydrogen-bond acceptors (Lipinski definition) is 3. The Kier molecular flexibility index (Phi) is 5.30. The van der Waals surface area contributed by atoms with Crippen LogP contribution >= 0.6 is 0 Å². The molecule has 0 bridgehead atoms. The molecule has 3 heterocycles. The van der Waals surface area contributed by atoms with Gasteiger partial charge in [-0.05, 0) is 31.5 Å². The summed E-state index contributed by atoms with van der Waals surface area (Å²) in [5, 5.41) is 3.01. The van der Waals surface area contributed by atoms with Crippen LogP contribution in [0.15, 0.2) is 48.7 Å². The number of aromatic nitrogens is 2. The molecule has 2 aromatic heterocycles. The number of benzene rings is 1.